The van der Waals surface area contributed by atoms with Gasteiger partial charge < -0.3 is 4.98 Å². The molecule has 0 aliphatic heterocycles. The van der Waals surface area contributed by atoms with E-state index in [1.807, 2.05) is 24.3 Å². The standard InChI is InChI=1S/C9H6N4/c1-2-4-8-6(3-1)7-5-10-13-12-9(7)11-8/h1-5H,(H,10,11,12). The molecule has 0 fully saturated rings. The molecule has 62 valence electrons. The first-order valence-electron chi connectivity index (χ1n) is 4.00. The van der Waals surface area contributed by atoms with Gasteiger partial charge in [-0.1, -0.05) is 18.2 Å². The van der Waals surface area contributed by atoms with Crippen LogP contribution in [-0.4, -0.2) is 20.4 Å². The first-order chi connectivity index (χ1) is 6.45. The lowest BCUT2D eigenvalue weighted by molar-refractivity contribution is 0.890. The lowest BCUT2D eigenvalue weighted by Crippen LogP contribution is -1.84. The van der Waals surface area contributed by atoms with Crippen LogP contribution < -0.4 is 0 Å². The summed E-state index contributed by atoms with van der Waals surface area (Å²) in [5.41, 5.74) is 1.86. The summed E-state index contributed by atoms with van der Waals surface area (Å²) in [6.07, 6.45) is 1.72. The van der Waals surface area contributed by atoms with Crippen molar-refractivity contribution in [2.75, 3.05) is 0 Å². The fourth-order valence-electron chi connectivity index (χ4n) is 1.51. The summed E-state index contributed by atoms with van der Waals surface area (Å²) in [4.78, 5) is 3.16. The number of hydrogen-bond donors (Lipinski definition) is 1. The van der Waals surface area contributed by atoms with Gasteiger partial charge in [0.05, 0.1) is 6.20 Å². The van der Waals surface area contributed by atoms with Gasteiger partial charge in [0, 0.05) is 16.3 Å². The highest BCUT2D eigenvalue weighted by Crippen LogP contribution is 2.21. The monoisotopic (exact) mass is 170 g/mol. The third-order valence-electron chi connectivity index (χ3n) is 2.11. The summed E-state index contributed by atoms with van der Waals surface area (Å²) in [6, 6.07) is 8.03. The number of nitrogens with one attached hydrogen (secondary N) is 1. The van der Waals surface area contributed by atoms with E-state index in [1.165, 1.54) is 0 Å². The number of fused-ring (bicyclic) bond motifs is 3. The SMILES string of the molecule is c1ccc2c(c1)[nH]c1nnncc12. The minimum Gasteiger partial charge on any atom is -0.338 e. The summed E-state index contributed by atoms with van der Waals surface area (Å²) in [5, 5.41) is 13.4. The molecule has 1 N–H and O–H groups in total. The zero-order valence-electron chi connectivity index (χ0n) is 6.73. The Balaban J connectivity index is 2.64. The van der Waals surface area contributed by atoms with Crippen molar-refractivity contribution in [3.63, 3.8) is 0 Å². The normalized spacial score (nSPS) is 11.1. The molecule has 0 aliphatic rings. The van der Waals surface area contributed by atoms with Crippen molar-refractivity contribution in [3.8, 4) is 0 Å². The average Bonchev–Trinajstić information content (AvgIpc) is 2.56. The maximum Gasteiger partial charge on any atom is 0.164 e. The first-order valence-corrected chi connectivity index (χ1v) is 4.00. The van der Waals surface area contributed by atoms with Crippen LogP contribution in [-0.2, 0) is 0 Å². The third kappa shape index (κ3) is 0.823. The predicted molar refractivity (Wildman–Crippen MR) is 49.2 cm³/mol. The maximum absolute atomic E-state index is 3.90. The molecule has 13 heavy (non-hydrogen) atoms. The van der Waals surface area contributed by atoms with Crippen LogP contribution in [0.25, 0.3) is 21.9 Å². The Hall–Kier alpha value is -1.97. The zero-order chi connectivity index (χ0) is 8.67. The molecular formula is C9H6N4. The number of para-hydroxylation sites is 1. The Labute approximate surface area is 73.6 Å². The molecule has 0 atom stereocenters. The highest BCUT2D eigenvalue weighted by atomic mass is 15.3. The van der Waals surface area contributed by atoms with Gasteiger partial charge in [-0.15, -0.1) is 10.2 Å². The van der Waals surface area contributed by atoms with Crippen molar-refractivity contribution < 1.29 is 0 Å². The Bertz CT molecular complexity index is 519. The van der Waals surface area contributed by atoms with Crippen LogP contribution in [0.3, 0.4) is 0 Å². The third-order valence-corrected chi connectivity index (χ3v) is 2.11. The van der Waals surface area contributed by atoms with Crippen molar-refractivity contribution in [1.82, 2.24) is 20.4 Å². The van der Waals surface area contributed by atoms with Crippen molar-refractivity contribution >= 4 is 21.9 Å². The molecule has 0 unspecified atom stereocenters. The van der Waals surface area contributed by atoms with Gasteiger partial charge in [0.15, 0.2) is 5.65 Å². The Morgan fingerprint density at radius 2 is 2.00 bits per heavy atom. The molecule has 4 heteroatoms. The number of hydrogen-bond acceptors (Lipinski definition) is 3. The van der Waals surface area contributed by atoms with E-state index in [0.717, 1.165) is 21.9 Å². The molecule has 1 aromatic carbocycles. The van der Waals surface area contributed by atoms with E-state index in [0.29, 0.717) is 0 Å². The lowest BCUT2D eigenvalue weighted by atomic mass is 10.2. The second-order valence-electron chi connectivity index (χ2n) is 2.87. The predicted octanol–water partition coefficient (Wildman–Crippen LogP) is 1.51. The van der Waals surface area contributed by atoms with Gasteiger partial charge in [0.25, 0.3) is 0 Å². The number of aromatic amines is 1. The minimum absolute atomic E-state index is 0.788. The van der Waals surface area contributed by atoms with Gasteiger partial charge in [-0.25, -0.2) is 0 Å². The first kappa shape index (κ1) is 6.54. The van der Waals surface area contributed by atoms with Gasteiger partial charge in [0.2, 0.25) is 0 Å². The smallest absolute Gasteiger partial charge is 0.164 e. The van der Waals surface area contributed by atoms with E-state index in [4.69, 9.17) is 0 Å². The van der Waals surface area contributed by atoms with E-state index in [9.17, 15) is 0 Å². The number of aromatic nitrogens is 4. The summed E-state index contributed by atoms with van der Waals surface area (Å²) in [5.74, 6) is 0. The van der Waals surface area contributed by atoms with Crippen molar-refractivity contribution in [2.24, 2.45) is 0 Å². The summed E-state index contributed by atoms with van der Waals surface area (Å²) in [6.45, 7) is 0. The molecule has 2 heterocycles. The number of H-pyrrole nitrogens is 1. The second-order valence-corrected chi connectivity index (χ2v) is 2.87. The van der Waals surface area contributed by atoms with Crippen LogP contribution in [0.15, 0.2) is 30.5 Å². The minimum atomic E-state index is 0.788. The molecule has 0 bridgehead atoms. The number of rotatable bonds is 0. The van der Waals surface area contributed by atoms with Gasteiger partial charge in [-0.2, -0.15) is 0 Å². The molecule has 3 rings (SSSR count). The topological polar surface area (TPSA) is 54.5 Å². The number of benzene rings is 1. The van der Waals surface area contributed by atoms with Gasteiger partial charge in [0.1, 0.15) is 0 Å². The fourth-order valence-corrected chi connectivity index (χ4v) is 1.51. The Morgan fingerprint density at radius 3 is 3.00 bits per heavy atom. The molecular weight excluding hydrogens is 164 g/mol. The molecule has 2 aromatic heterocycles. The van der Waals surface area contributed by atoms with Crippen LogP contribution in [0.2, 0.25) is 0 Å². The van der Waals surface area contributed by atoms with Crippen LogP contribution in [0, 0.1) is 0 Å². The van der Waals surface area contributed by atoms with Crippen molar-refractivity contribution in [3.05, 3.63) is 30.5 Å². The fraction of sp³-hybridized carbons (Fsp3) is 0. The molecule has 3 aromatic rings. The largest absolute Gasteiger partial charge is 0.338 e. The van der Waals surface area contributed by atoms with Gasteiger partial charge in [-0.3, -0.25) is 0 Å². The summed E-state index contributed by atoms with van der Waals surface area (Å²) in [7, 11) is 0. The summed E-state index contributed by atoms with van der Waals surface area (Å²) < 4.78 is 0. The molecule has 0 radical (unpaired) electrons. The zero-order valence-corrected chi connectivity index (χ0v) is 6.73. The summed E-state index contributed by atoms with van der Waals surface area (Å²) >= 11 is 0. The van der Waals surface area contributed by atoms with Crippen LogP contribution in [0.1, 0.15) is 0 Å². The lowest BCUT2D eigenvalue weighted by Gasteiger charge is -1.85. The molecule has 4 nitrogen and oxygen atoms in total. The van der Waals surface area contributed by atoms with E-state index in [2.05, 4.69) is 20.4 Å². The quantitative estimate of drug-likeness (QED) is 0.556. The maximum atomic E-state index is 3.90. The highest BCUT2D eigenvalue weighted by molar-refractivity contribution is 6.04. The second kappa shape index (κ2) is 2.26. The highest BCUT2D eigenvalue weighted by Gasteiger charge is 2.03. The average molecular weight is 170 g/mol. The molecule has 0 saturated carbocycles. The molecule has 0 saturated heterocycles. The van der Waals surface area contributed by atoms with E-state index in [1.54, 1.807) is 6.20 Å². The van der Waals surface area contributed by atoms with E-state index < -0.39 is 0 Å². The molecule has 0 aliphatic carbocycles. The van der Waals surface area contributed by atoms with Gasteiger partial charge in [-0.05, 0) is 11.3 Å². The van der Waals surface area contributed by atoms with Crippen LogP contribution in [0.4, 0.5) is 0 Å². The Kier molecular flexibility index (Phi) is 1.14. The van der Waals surface area contributed by atoms with Crippen molar-refractivity contribution in [1.29, 1.82) is 0 Å². The Morgan fingerprint density at radius 1 is 1.08 bits per heavy atom. The van der Waals surface area contributed by atoms with Crippen LogP contribution >= 0.6 is 0 Å². The van der Waals surface area contributed by atoms with Gasteiger partial charge >= 0.3 is 0 Å². The molecule has 0 amide bonds. The van der Waals surface area contributed by atoms with Crippen LogP contribution in [0.5, 0.6) is 0 Å². The number of nitrogens with zero attached hydrogens (tertiary/aromatic N) is 3. The van der Waals surface area contributed by atoms with Crippen molar-refractivity contribution in [2.45, 2.75) is 0 Å². The van der Waals surface area contributed by atoms with E-state index >= 15 is 0 Å². The van der Waals surface area contributed by atoms with E-state index in [-0.39, 0.29) is 0 Å². The molecule has 0 spiro atoms.